The molecule has 1 amide bonds. The summed E-state index contributed by atoms with van der Waals surface area (Å²) in [5.74, 6) is 0.587. The molecule has 1 aromatic carbocycles. The van der Waals surface area contributed by atoms with Crippen molar-refractivity contribution in [1.29, 1.82) is 0 Å². The molecule has 0 aromatic heterocycles. The zero-order valence-corrected chi connectivity index (χ0v) is 13.0. The van der Waals surface area contributed by atoms with Crippen molar-refractivity contribution >= 4 is 52.2 Å². The normalized spacial score (nSPS) is 12.2. The Bertz CT molecular complexity index is 434. The van der Waals surface area contributed by atoms with Crippen LogP contribution in [0.15, 0.2) is 12.1 Å². The highest BCUT2D eigenvalue weighted by Gasteiger charge is 2.16. The van der Waals surface area contributed by atoms with Crippen molar-refractivity contribution in [2.45, 2.75) is 12.2 Å². The van der Waals surface area contributed by atoms with Crippen molar-refractivity contribution in [1.82, 2.24) is 0 Å². The predicted molar refractivity (Wildman–Crippen MR) is 83.3 cm³/mol. The number of anilines is 2. The van der Waals surface area contributed by atoms with E-state index >= 15 is 0 Å². The van der Waals surface area contributed by atoms with E-state index in [0.717, 1.165) is 5.75 Å². The molecular weight excluding hydrogens is 307 g/mol. The van der Waals surface area contributed by atoms with Gasteiger partial charge in [0.05, 0.1) is 27.6 Å². The summed E-state index contributed by atoms with van der Waals surface area (Å²) in [4.78, 5) is 12.0. The lowest BCUT2D eigenvalue weighted by molar-refractivity contribution is -0.115. The van der Waals surface area contributed by atoms with Crippen molar-refractivity contribution < 1.29 is 9.53 Å². The average molecular weight is 323 g/mol. The topological polar surface area (TPSA) is 64.3 Å². The molecule has 1 aromatic rings. The first-order valence-electron chi connectivity index (χ1n) is 5.61. The van der Waals surface area contributed by atoms with Crippen LogP contribution in [0, 0.1) is 0 Å². The number of rotatable bonds is 6. The highest BCUT2D eigenvalue weighted by atomic mass is 35.5. The molecule has 0 saturated heterocycles. The summed E-state index contributed by atoms with van der Waals surface area (Å²) in [6, 6.07) is 3.09. The van der Waals surface area contributed by atoms with Crippen molar-refractivity contribution in [3.63, 3.8) is 0 Å². The average Bonchev–Trinajstić information content (AvgIpc) is 2.33. The van der Waals surface area contributed by atoms with E-state index < -0.39 is 0 Å². The molecule has 0 fully saturated rings. The Labute approximate surface area is 127 Å². The molecule has 1 atom stereocenters. The third-order valence-electron chi connectivity index (χ3n) is 2.34. The first-order valence-corrected chi connectivity index (χ1v) is 7.42. The van der Waals surface area contributed by atoms with Crippen molar-refractivity contribution in [3.05, 3.63) is 22.2 Å². The van der Waals surface area contributed by atoms with Gasteiger partial charge in [-0.1, -0.05) is 23.2 Å². The first kappa shape index (κ1) is 16.4. The van der Waals surface area contributed by atoms with E-state index in [1.54, 1.807) is 19.2 Å². The maximum absolute atomic E-state index is 12.0. The second-order valence-corrected chi connectivity index (χ2v) is 6.12. The minimum Gasteiger partial charge on any atom is -0.399 e. The SMILES string of the molecule is COCCSC(C)C(=O)Nc1c(Cl)cc(N)cc1Cl. The second kappa shape index (κ2) is 7.85. The molecule has 4 nitrogen and oxygen atoms in total. The third-order valence-corrected chi connectivity index (χ3v) is 4.05. The maximum atomic E-state index is 12.0. The molecule has 19 heavy (non-hydrogen) atoms. The number of benzene rings is 1. The van der Waals surface area contributed by atoms with Gasteiger partial charge >= 0.3 is 0 Å². The Hall–Kier alpha value is -0.620. The lowest BCUT2D eigenvalue weighted by Gasteiger charge is -2.14. The van der Waals surface area contributed by atoms with Gasteiger partial charge in [0.25, 0.3) is 0 Å². The molecule has 0 radical (unpaired) electrons. The van der Waals surface area contributed by atoms with E-state index in [1.807, 2.05) is 6.92 Å². The number of ether oxygens (including phenoxy) is 1. The number of methoxy groups -OCH3 is 1. The summed E-state index contributed by atoms with van der Waals surface area (Å²) in [6.45, 7) is 2.42. The molecular formula is C12H16Cl2N2O2S. The fourth-order valence-corrected chi connectivity index (χ4v) is 2.75. The fourth-order valence-electron chi connectivity index (χ4n) is 1.32. The zero-order valence-electron chi connectivity index (χ0n) is 10.7. The molecule has 0 aliphatic carbocycles. The lowest BCUT2D eigenvalue weighted by atomic mass is 10.2. The van der Waals surface area contributed by atoms with Gasteiger partial charge in [-0.25, -0.2) is 0 Å². The van der Waals surface area contributed by atoms with Gasteiger partial charge in [-0.05, 0) is 19.1 Å². The number of halogens is 2. The first-order chi connectivity index (χ1) is 8.95. The summed E-state index contributed by atoms with van der Waals surface area (Å²) >= 11 is 13.5. The van der Waals surface area contributed by atoms with Crippen LogP contribution in [-0.2, 0) is 9.53 Å². The van der Waals surface area contributed by atoms with Gasteiger partial charge in [0.15, 0.2) is 0 Å². The second-order valence-electron chi connectivity index (χ2n) is 3.85. The Kier molecular flexibility index (Phi) is 6.79. The molecule has 106 valence electrons. The molecule has 0 bridgehead atoms. The maximum Gasteiger partial charge on any atom is 0.237 e. The van der Waals surface area contributed by atoms with Crippen LogP contribution in [0.5, 0.6) is 0 Å². The Morgan fingerprint density at radius 2 is 2.05 bits per heavy atom. The van der Waals surface area contributed by atoms with Gasteiger partial charge in [-0.3, -0.25) is 4.79 Å². The van der Waals surface area contributed by atoms with Crippen LogP contribution >= 0.6 is 35.0 Å². The van der Waals surface area contributed by atoms with Gasteiger partial charge in [-0.15, -0.1) is 11.8 Å². The van der Waals surface area contributed by atoms with E-state index in [-0.39, 0.29) is 11.2 Å². The number of hydrogen-bond acceptors (Lipinski definition) is 4. The van der Waals surface area contributed by atoms with Crippen LogP contribution in [0.3, 0.4) is 0 Å². The van der Waals surface area contributed by atoms with Crippen LogP contribution in [0.2, 0.25) is 10.0 Å². The summed E-state index contributed by atoms with van der Waals surface area (Å²) < 4.78 is 4.93. The standard InChI is InChI=1S/C12H16Cl2N2O2S/c1-7(19-4-3-18-2)12(17)16-11-9(13)5-8(15)6-10(11)14/h5-7H,3-4,15H2,1-2H3,(H,16,17). The van der Waals surface area contributed by atoms with Gasteiger partial charge in [-0.2, -0.15) is 0 Å². The van der Waals surface area contributed by atoms with Crippen molar-refractivity contribution in [3.8, 4) is 0 Å². The fraction of sp³-hybridized carbons (Fsp3) is 0.417. The third kappa shape index (κ3) is 5.10. The van der Waals surface area contributed by atoms with Crippen molar-refractivity contribution in [2.24, 2.45) is 0 Å². The molecule has 0 saturated carbocycles. The number of nitrogen functional groups attached to an aromatic ring is 1. The highest BCUT2D eigenvalue weighted by molar-refractivity contribution is 8.00. The Morgan fingerprint density at radius 1 is 1.47 bits per heavy atom. The number of thioether (sulfide) groups is 1. The summed E-state index contributed by atoms with van der Waals surface area (Å²) in [6.07, 6.45) is 0. The minimum absolute atomic E-state index is 0.158. The lowest BCUT2D eigenvalue weighted by Crippen LogP contribution is -2.23. The largest absolute Gasteiger partial charge is 0.399 e. The van der Waals surface area contributed by atoms with Crippen LogP contribution in [0.4, 0.5) is 11.4 Å². The predicted octanol–water partition coefficient (Wildman–Crippen LogP) is 3.28. The quantitative estimate of drug-likeness (QED) is 0.623. The molecule has 0 heterocycles. The molecule has 0 aliphatic heterocycles. The number of nitrogens with two attached hydrogens (primary N) is 1. The molecule has 1 rings (SSSR count). The van der Waals surface area contributed by atoms with Crippen LogP contribution in [0.1, 0.15) is 6.92 Å². The number of nitrogens with one attached hydrogen (secondary N) is 1. The van der Waals surface area contributed by atoms with E-state index in [9.17, 15) is 4.79 Å². The van der Waals surface area contributed by atoms with E-state index in [2.05, 4.69) is 5.32 Å². The summed E-state index contributed by atoms with van der Waals surface area (Å²) in [5.41, 5.74) is 6.45. The molecule has 0 spiro atoms. The van der Waals surface area contributed by atoms with Crippen molar-refractivity contribution in [2.75, 3.05) is 30.5 Å². The number of carbonyl (C=O) groups excluding carboxylic acids is 1. The van der Waals surface area contributed by atoms with Gasteiger partial charge < -0.3 is 15.8 Å². The van der Waals surface area contributed by atoms with Crippen LogP contribution in [0.25, 0.3) is 0 Å². The number of amides is 1. The van der Waals surface area contributed by atoms with Gasteiger partial charge in [0, 0.05) is 18.6 Å². The van der Waals surface area contributed by atoms with Gasteiger partial charge in [0.1, 0.15) is 0 Å². The molecule has 1 unspecified atom stereocenters. The molecule has 7 heteroatoms. The van der Waals surface area contributed by atoms with E-state index in [4.69, 9.17) is 33.7 Å². The van der Waals surface area contributed by atoms with Gasteiger partial charge in [0.2, 0.25) is 5.91 Å². The van der Waals surface area contributed by atoms with Crippen LogP contribution in [-0.4, -0.2) is 30.6 Å². The number of carbonyl (C=O) groups is 1. The van der Waals surface area contributed by atoms with E-state index in [0.29, 0.717) is 28.0 Å². The number of hydrogen-bond donors (Lipinski definition) is 2. The molecule has 3 N–H and O–H groups in total. The Balaban J connectivity index is 2.66. The minimum atomic E-state index is -0.222. The summed E-state index contributed by atoms with van der Waals surface area (Å²) in [5, 5.41) is 3.14. The Morgan fingerprint density at radius 3 is 2.58 bits per heavy atom. The smallest absolute Gasteiger partial charge is 0.237 e. The monoisotopic (exact) mass is 322 g/mol. The molecule has 0 aliphatic rings. The van der Waals surface area contributed by atoms with Crippen LogP contribution < -0.4 is 11.1 Å². The van der Waals surface area contributed by atoms with E-state index in [1.165, 1.54) is 11.8 Å². The summed E-state index contributed by atoms with van der Waals surface area (Å²) in [7, 11) is 1.62. The zero-order chi connectivity index (χ0) is 14.4. The highest BCUT2D eigenvalue weighted by Crippen LogP contribution is 2.33.